The molecule has 8 nitrogen and oxygen atoms in total. The highest BCUT2D eigenvalue weighted by atomic mass is 16.5. The van der Waals surface area contributed by atoms with Crippen molar-refractivity contribution in [2.75, 3.05) is 0 Å². The van der Waals surface area contributed by atoms with Crippen LogP contribution in [0.3, 0.4) is 0 Å². The van der Waals surface area contributed by atoms with Crippen LogP contribution in [0.25, 0.3) is 0 Å². The standard InChI is InChI=1S/C23H26N4O4/c1-15(2)20(27-23(30)31-14-16-7-4-3-5-8-16)22(29)26-19(21(25)28)12-17-9-6-10-18(11-17)13-24/h3-11,15,19-20H,12,14H2,1-2H3,(H2,25,28)(H,26,29)(H,27,30)/t19-,20-/m0/s1. The smallest absolute Gasteiger partial charge is 0.408 e. The summed E-state index contributed by atoms with van der Waals surface area (Å²) in [6.07, 6.45) is -0.616. The number of nitrogens with two attached hydrogens (primary N) is 1. The minimum atomic E-state index is -0.996. The Morgan fingerprint density at radius 1 is 1.03 bits per heavy atom. The quantitative estimate of drug-likeness (QED) is 0.568. The summed E-state index contributed by atoms with van der Waals surface area (Å²) >= 11 is 0. The number of amides is 3. The van der Waals surface area contributed by atoms with Crippen LogP contribution in [-0.4, -0.2) is 30.0 Å². The van der Waals surface area contributed by atoms with Crippen LogP contribution in [0.1, 0.15) is 30.5 Å². The van der Waals surface area contributed by atoms with Gasteiger partial charge in [-0.2, -0.15) is 5.26 Å². The summed E-state index contributed by atoms with van der Waals surface area (Å²) in [7, 11) is 0. The van der Waals surface area contributed by atoms with Gasteiger partial charge >= 0.3 is 6.09 Å². The molecule has 2 aromatic rings. The summed E-state index contributed by atoms with van der Waals surface area (Å²) in [5, 5.41) is 14.2. The number of nitrogens with zero attached hydrogens (tertiary/aromatic N) is 1. The summed E-state index contributed by atoms with van der Waals surface area (Å²) in [4.78, 5) is 36.9. The molecule has 2 atom stereocenters. The Morgan fingerprint density at radius 3 is 2.32 bits per heavy atom. The van der Waals surface area contributed by atoms with Crippen molar-refractivity contribution in [2.24, 2.45) is 11.7 Å². The molecule has 4 N–H and O–H groups in total. The molecule has 2 aromatic carbocycles. The van der Waals surface area contributed by atoms with Gasteiger partial charge in [0.1, 0.15) is 18.7 Å². The van der Waals surface area contributed by atoms with Crippen LogP contribution in [0.15, 0.2) is 54.6 Å². The van der Waals surface area contributed by atoms with E-state index in [9.17, 15) is 14.4 Å². The number of nitriles is 1. The number of hydrogen-bond donors (Lipinski definition) is 3. The van der Waals surface area contributed by atoms with E-state index in [1.165, 1.54) is 0 Å². The van der Waals surface area contributed by atoms with E-state index in [1.54, 1.807) is 38.1 Å². The zero-order valence-electron chi connectivity index (χ0n) is 17.5. The summed E-state index contributed by atoms with van der Waals surface area (Å²) in [6, 6.07) is 16.0. The molecule has 0 saturated carbocycles. The Labute approximate surface area is 181 Å². The lowest BCUT2D eigenvalue weighted by Crippen LogP contribution is -2.55. The van der Waals surface area contributed by atoms with Crippen LogP contribution in [0.5, 0.6) is 0 Å². The van der Waals surface area contributed by atoms with Gasteiger partial charge in [0.25, 0.3) is 0 Å². The highest BCUT2D eigenvalue weighted by Crippen LogP contribution is 2.09. The first-order valence-corrected chi connectivity index (χ1v) is 9.86. The van der Waals surface area contributed by atoms with Gasteiger partial charge in [0, 0.05) is 6.42 Å². The Morgan fingerprint density at radius 2 is 1.71 bits per heavy atom. The Kier molecular flexibility index (Phi) is 8.58. The van der Waals surface area contributed by atoms with Crippen molar-refractivity contribution in [1.82, 2.24) is 10.6 Å². The number of ether oxygens (including phenoxy) is 1. The highest BCUT2D eigenvalue weighted by Gasteiger charge is 2.28. The van der Waals surface area contributed by atoms with Crippen molar-refractivity contribution in [3.05, 3.63) is 71.3 Å². The lowest BCUT2D eigenvalue weighted by molar-refractivity contribution is -0.129. The van der Waals surface area contributed by atoms with Gasteiger partial charge in [-0.3, -0.25) is 9.59 Å². The van der Waals surface area contributed by atoms with Gasteiger partial charge in [-0.05, 0) is 29.2 Å². The van der Waals surface area contributed by atoms with E-state index in [1.807, 2.05) is 36.4 Å². The van der Waals surface area contributed by atoms with Crippen molar-refractivity contribution in [2.45, 2.75) is 39.0 Å². The summed E-state index contributed by atoms with van der Waals surface area (Å²) in [6.45, 7) is 3.59. The molecule has 8 heteroatoms. The fourth-order valence-electron chi connectivity index (χ4n) is 2.91. The zero-order valence-corrected chi connectivity index (χ0v) is 17.5. The third kappa shape index (κ3) is 7.48. The molecule has 0 spiro atoms. The van der Waals surface area contributed by atoms with Crippen LogP contribution < -0.4 is 16.4 Å². The maximum atomic E-state index is 12.8. The Hall–Kier alpha value is -3.86. The second-order valence-corrected chi connectivity index (χ2v) is 7.41. The molecule has 0 aliphatic rings. The van der Waals surface area contributed by atoms with Crippen molar-refractivity contribution < 1.29 is 19.1 Å². The number of benzene rings is 2. The summed E-state index contributed by atoms with van der Waals surface area (Å²) < 4.78 is 5.18. The monoisotopic (exact) mass is 422 g/mol. The molecule has 0 unspecified atom stereocenters. The van der Waals surface area contributed by atoms with E-state index in [0.29, 0.717) is 11.1 Å². The topological polar surface area (TPSA) is 134 Å². The number of carbonyl (C=O) groups is 3. The van der Waals surface area contributed by atoms with Gasteiger partial charge in [-0.25, -0.2) is 4.79 Å². The van der Waals surface area contributed by atoms with Gasteiger partial charge in [0.05, 0.1) is 11.6 Å². The highest BCUT2D eigenvalue weighted by molar-refractivity contribution is 5.91. The lowest BCUT2D eigenvalue weighted by atomic mass is 10.0. The van der Waals surface area contributed by atoms with Gasteiger partial charge in [0.15, 0.2) is 0 Å². The van der Waals surface area contributed by atoms with E-state index in [0.717, 1.165) is 5.56 Å². The summed E-state index contributed by atoms with van der Waals surface area (Å²) in [5.74, 6) is -1.53. The predicted octanol–water partition coefficient (Wildman–Crippen LogP) is 2.02. The van der Waals surface area contributed by atoms with Crippen LogP contribution in [0, 0.1) is 17.2 Å². The molecule has 3 amide bonds. The Bertz CT molecular complexity index is 954. The molecule has 0 aromatic heterocycles. The molecule has 31 heavy (non-hydrogen) atoms. The zero-order chi connectivity index (χ0) is 22.8. The SMILES string of the molecule is CC(C)[C@H](NC(=O)OCc1ccccc1)C(=O)N[C@@H](Cc1cccc(C#N)c1)C(N)=O. The molecule has 0 bridgehead atoms. The van der Waals surface area contributed by atoms with E-state index < -0.39 is 30.0 Å². The van der Waals surface area contributed by atoms with Gasteiger partial charge < -0.3 is 21.1 Å². The maximum absolute atomic E-state index is 12.8. The molecule has 2 rings (SSSR count). The minimum absolute atomic E-state index is 0.0677. The molecule has 0 aliphatic carbocycles. The van der Waals surface area contributed by atoms with Crippen LogP contribution in [0.4, 0.5) is 4.79 Å². The van der Waals surface area contributed by atoms with Crippen LogP contribution in [0.2, 0.25) is 0 Å². The van der Waals surface area contributed by atoms with Crippen LogP contribution >= 0.6 is 0 Å². The molecule has 162 valence electrons. The summed E-state index contributed by atoms with van der Waals surface area (Å²) in [5.41, 5.74) is 7.40. The average Bonchev–Trinajstić information content (AvgIpc) is 2.76. The molecule has 0 radical (unpaired) electrons. The molecular formula is C23H26N4O4. The van der Waals surface area contributed by atoms with E-state index in [-0.39, 0.29) is 18.9 Å². The third-order valence-corrected chi connectivity index (χ3v) is 4.59. The second kappa shape index (κ2) is 11.4. The first-order chi connectivity index (χ1) is 14.8. The first-order valence-electron chi connectivity index (χ1n) is 9.86. The van der Waals surface area contributed by atoms with Crippen molar-refractivity contribution in [3.8, 4) is 6.07 Å². The van der Waals surface area contributed by atoms with Gasteiger partial charge in [-0.1, -0.05) is 56.3 Å². The van der Waals surface area contributed by atoms with Crippen molar-refractivity contribution in [3.63, 3.8) is 0 Å². The Balaban J connectivity index is 2.00. The normalized spacial score (nSPS) is 12.3. The number of primary amides is 1. The van der Waals surface area contributed by atoms with Gasteiger partial charge in [-0.15, -0.1) is 0 Å². The van der Waals surface area contributed by atoms with Crippen LogP contribution in [-0.2, 0) is 27.4 Å². The van der Waals surface area contributed by atoms with Crippen molar-refractivity contribution >= 4 is 17.9 Å². The van der Waals surface area contributed by atoms with Gasteiger partial charge in [0.2, 0.25) is 11.8 Å². The fraction of sp³-hybridized carbons (Fsp3) is 0.304. The molecule has 0 saturated heterocycles. The number of nitrogens with one attached hydrogen (secondary N) is 2. The minimum Gasteiger partial charge on any atom is -0.445 e. The lowest BCUT2D eigenvalue weighted by Gasteiger charge is -2.24. The largest absolute Gasteiger partial charge is 0.445 e. The average molecular weight is 422 g/mol. The number of alkyl carbamates (subject to hydrolysis) is 1. The molecule has 0 aliphatic heterocycles. The third-order valence-electron chi connectivity index (χ3n) is 4.59. The molecule has 0 heterocycles. The fourth-order valence-corrected chi connectivity index (χ4v) is 2.91. The number of carbonyl (C=O) groups excluding carboxylic acids is 3. The number of hydrogen-bond acceptors (Lipinski definition) is 5. The molecular weight excluding hydrogens is 396 g/mol. The van der Waals surface area contributed by atoms with E-state index in [2.05, 4.69) is 10.6 Å². The first kappa shape index (κ1) is 23.4. The maximum Gasteiger partial charge on any atom is 0.408 e. The van der Waals surface area contributed by atoms with E-state index >= 15 is 0 Å². The molecule has 0 fully saturated rings. The number of rotatable bonds is 9. The van der Waals surface area contributed by atoms with E-state index in [4.69, 9.17) is 15.7 Å². The second-order valence-electron chi connectivity index (χ2n) is 7.41. The predicted molar refractivity (Wildman–Crippen MR) is 114 cm³/mol. The van der Waals surface area contributed by atoms with Crippen molar-refractivity contribution in [1.29, 1.82) is 5.26 Å².